The Kier molecular flexibility index (Phi) is 5.22. The van der Waals surface area contributed by atoms with Crippen LogP contribution in [0.15, 0.2) is 85.1 Å². The molecule has 6 rings (SSSR count). The van der Waals surface area contributed by atoms with Gasteiger partial charge < -0.3 is 0 Å². The van der Waals surface area contributed by atoms with Crippen molar-refractivity contribution in [1.29, 1.82) is 0 Å². The van der Waals surface area contributed by atoms with Gasteiger partial charge in [0.25, 0.3) is 0 Å². The maximum absolute atomic E-state index is 2.55. The van der Waals surface area contributed by atoms with E-state index in [0.29, 0.717) is 0 Å². The predicted molar refractivity (Wildman–Crippen MR) is 146 cm³/mol. The number of rotatable bonds is 2. The molecule has 0 bridgehead atoms. The monoisotopic (exact) mass is 458 g/mol. The van der Waals surface area contributed by atoms with Gasteiger partial charge in [0.05, 0.1) is 0 Å². The van der Waals surface area contributed by atoms with Crippen molar-refractivity contribution in [2.24, 2.45) is 7.05 Å². The molecule has 0 unspecified atom stereocenters. The van der Waals surface area contributed by atoms with E-state index < -0.39 is 0 Å². The molecule has 0 aliphatic heterocycles. The highest BCUT2D eigenvalue weighted by Gasteiger charge is 2.46. The minimum Gasteiger partial charge on any atom is -0.201 e. The molecule has 1 fully saturated rings. The fourth-order valence-electron chi connectivity index (χ4n) is 6.97. The van der Waals surface area contributed by atoms with Gasteiger partial charge in [-0.3, -0.25) is 0 Å². The van der Waals surface area contributed by atoms with Gasteiger partial charge in [-0.2, -0.15) is 0 Å². The number of pyridine rings is 1. The lowest BCUT2D eigenvalue weighted by Gasteiger charge is -2.49. The summed E-state index contributed by atoms with van der Waals surface area (Å²) in [6.45, 7) is 7.03. The first-order valence-electron chi connectivity index (χ1n) is 13.2. The molecule has 0 N–H and O–H groups in total. The Bertz CT molecular complexity index is 1420. The van der Waals surface area contributed by atoms with Crippen LogP contribution in [0.1, 0.15) is 73.8 Å². The topological polar surface area (TPSA) is 3.88 Å². The van der Waals surface area contributed by atoms with Crippen molar-refractivity contribution < 1.29 is 4.57 Å². The number of aryl methyl sites for hydroxylation is 2. The molecule has 0 radical (unpaired) electrons. The van der Waals surface area contributed by atoms with E-state index in [0.717, 1.165) is 0 Å². The van der Waals surface area contributed by atoms with Gasteiger partial charge in [-0.05, 0) is 70.8 Å². The Morgan fingerprint density at radius 2 is 1.31 bits per heavy atom. The third-order valence-electron chi connectivity index (χ3n) is 8.94. The van der Waals surface area contributed by atoms with Crippen molar-refractivity contribution in [1.82, 2.24) is 0 Å². The summed E-state index contributed by atoms with van der Waals surface area (Å²) in [4.78, 5) is 0. The number of fused-ring (bicyclic) bond motifs is 4. The van der Waals surface area contributed by atoms with Gasteiger partial charge in [-0.1, -0.05) is 87.7 Å². The van der Waals surface area contributed by atoms with E-state index in [1.165, 1.54) is 71.2 Å². The average molecular weight is 459 g/mol. The minimum absolute atomic E-state index is 0.0165. The zero-order valence-electron chi connectivity index (χ0n) is 21.6. The lowest BCUT2D eigenvalue weighted by atomic mass is 9.54. The van der Waals surface area contributed by atoms with E-state index in [-0.39, 0.29) is 10.8 Å². The Labute approximate surface area is 210 Å². The van der Waals surface area contributed by atoms with Gasteiger partial charge in [0.1, 0.15) is 7.05 Å². The minimum atomic E-state index is 0.0165. The van der Waals surface area contributed by atoms with Gasteiger partial charge in [0.2, 0.25) is 5.69 Å². The molecule has 1 heteroatoms. The first-order chi connectivity index (χ1) is 16.9. The van der Waals surface area contributed by atoms with Crippen LogP contribution in [-0.2, 0) is 17.9 Å². The molecule has 35 heavy (non-hydrogen) atoms. The molecule has 1 aromatic heterocycles. The second-order valence-corrected chi connectivity index (χ2v) is 11.3. The molecular weight excluding hydrogens is 422 g/mol. The highest BCUT2D eigenvalue weighted by molar-refractivity contribution is 5.73. The quantitative estimate of drug-likeness (QED) is 0.268. The van der Waals surface area contributed by atoms with Crippen LogP contribution < -0.4 is 4.57 Å². The van der Waals surface area contributed by atoms with Crippen LogP contribution in [0.5, 0.6) is 0 Å². The van der Waals surface area contributed by atoms with Crippen LogP contribution in [0.2, 0.25) is 0 Å². The van der Waals surface area contributed by atoms with E-state index in [1.807, 2.05) is 0 Å². The molecule has 3 aromatic carbocycles. The highest BCUT2D eigenvalue weighted by Crippen LogP contribution is 2.56. The van der Waals surface area contributed by atoms with Crippen LogP contribution in [0.3, 0.4) is 0 Å². The molecule has 1 spiro atoms. The van der Waals surface area contributed by atoms with Crippen LogP contribution >= 0.6 is 0 Å². The second kappa shape index (κ2) is 8.19. The fraction of sp³-hybridized carbons (Fsp3) is 0.324. The molecule has 2 aliphatic rings. The molecule has 1 saturated carbocycles. The molecule has 176 valence electrons. The molecule has 0 atom stereocenters. The van der Waals surface area contributed by atoms with Gasteiger partial charge in [-0.25, -0.2) is 4.57 Å². The maximum Gasteiger partial charge on any atom is 0.213 e. The average Bonchev–Trinajstić information content (AvgIpc) is 2.89. The number of aromatic nitrogens is 1. The number of hydrogen-bond donors (Lipinski definition) is 0. The molecule has 0 saturated heterocycles. The summed E-state index contributed by atoms with van der Waals surface area (Å²) in [6.07, 6.45) is 8.72. The number of nitrogens with zero attached hydrogens (tertiary/aromatic N) is 1. The van der Waals surface area contributed by atoms with E-state index in [1.54, 1.807) is 11.1 Å². The summed E-state index contributed by atoms with van der Waals surface area (Å²) in [5.41, 5.74) is 12.9. The fourth-order valence-corrected chi connectivity index (χ4v) is 6.97. The van der Waals surface area contributed by atoms with E-state index in [2.05, 4.69) is 117 Å². The summed E-state index contributed by atoms with van der Waals surface area (Å²) in [5, 5.41) is 0. The first kappa shape index (κ1) is 22.3. The second-order valence-electron chi connectivity index (χ2n) is 11.3. The van der Waals surface area contributed by atoms with Gasteiger partial charge >= 0.3 is 0 Å². The van der Waals surface area contributed by atoms with Crippen molar-refractivity contribution in [3.05, 3.63) is 113 Å². The molecular formula is C34H36N+. The molecule has 2 aliphatic carbocycles. The van der Waals surface area contributed by atoms with E-state index in [9.17, 15) is 0 Å². The summed E-state index contributed by atoms with van der Waals surface area (Å²) in [6, 6.07) is 30.0. The molecule has 1 nitrogen and oxygen atoms in total. The van der Waals surface area contributed by atoms with Crippen LogP contribution in [0.25, 0.3) is 22.4 Å². The maximum atomic E-state index is 2.55. The Morgan fingerprint density at radius 3 is 2.09 bits per heavy atom. The Balaban J connectivity index is 1.55. The van der Waals surface area contributed by atoms with Crippen molar-refractivity contribution in [3.63, 3.8) is 0 Å². The molecule has 4 aromatic rings. The zero-order valence-corrected chi connectivity index (χ0v) is 21.6. The van der Waals surface area contributed by atoms with Crippen LogP contribution in [-0.4, -0.2) is 0 Å². The standard InChI is InChI=1S/C34H36N/c1-24-12-6-7-13-27(24)32-23-26(18-21-35(32)4)25-16-17-29-31(22-25)34(19-10-5-11-20-34)30-15-9-8-14-28(30)33(29,2)3/h6-9,12-18,21-23H,5,10-11,19-20H2,1-4H3/q+1. The lowest BCUT2D eigenvalue weighted by Crippen LogP contribution is -2.41. The largest absolute Gasteiger partial charge is 0.213 e. The van der Waals surface area contributed by atoms with Crippen molar-refractivity contribution in [2.45, 2.75) is 63.7 Å². The summed E-state index contributed by atoms with van der Waals surface area (Å²) in [7, 11) is 2.15. The zero-order chi connectivity index (χ0) is 24.2. The molecule has 0 amide bonds. The first-order valence-corrected chi connectivity index (χ1v) is 13.2. The van der Waals surface area contributed by atoms with Crippen molar-refractivity contribution in [2.75, 3.05) is 0 Å². The predicted octanol–water partition coefficient (Wildman–Crippen LogP) is 8.04. The van der Waals surface area contributed by atoms with E-state index in [4.69, 9.17) is 0 Å². The lowest BCUT2D eigenvalue weighted by molar-refractivity contribution is -0.660. The van der Waals surface area contributed by atoms with Crippen LogP contribution in [0, 0.1) is 6.92 Å². The Morgan fingerprint density at radius 1 is 0.657 bits per heavy atom. The SMILES string of the molecule is Cc1ccccc1-c1cc(-c2ccc3c(c2)C2(CCCCC2)c2ccccc2C3(C)C)cc[n+]1C. The van der Waals surface area contributed by atoms with Crippen molar-refractivity contribution in [3.8, 4) is 22.4 Å². The van der Waals surface area contributed by atoms with Gasteiger partial charge in [-0.15, -0.1) is 0 Å². The smallest absolute Gasteiger partial charge is 0.201 e. The van der Waals surface area contributed by atoms with Crippen LogP contribution in [0.4, 0.5) is 0 Å². The highest BCUT2D eigenvalue weighted by atomic mass is 14.9. The number of benzene rings is 3. The van der Waals surface area contributed by atoms with Gasteiger partial charge in [0, 0.05) is 28.5 Å². The normalized spacial score (nSPS) is 17.6. The van der Waals surface area contributed by atoms with Crippen molar-refractivity contribution >= 4 is 0 Å². The Hall–Kier alpha value is -3.19. The third-order valence-corrected chi connectivity index (χ3v) is 8.94. The molecule has 1 heterocycles. The third kappa shape index (κ3) is 3.39. The summed E-state index contributed by atoms with van der Waals surface area (Å²) in [5.74, 6) is 0. The number of hydrogen-bond acceptors (Lipinski definition) is 0. The summed E-state index contributed by atoms with van der Waals surface area (Å²) >= 11 is 0. The van der Waals surface area contributed by atoms with Gasteiger partial charge in [0.15, 0.2) is 6.20 Å². The summed E-state index contributed by atoms with van der Waals surface area (Å²) < 4.78 is 2.24. The van der Waals surface area contributed by atoms with E-state index >= 15 is 0 Å².